The van der Waals surface area contributed by atoms with Gasteiger partial charge in [0.15, 0.2) is 0 Å². The predicted molar refractivity (Wildman–Crippen MR) is 83.2 cm³/mol. The Labute approximate surface area is 122 Å². The van der Waals surface area contributed by atoms with Gasteiger partial charge in [-0.25, -0.2) is 0 Å². The highest BCUT2D eigenvalue weighted by atomic mass is 16.5. The van der Waals surface area contributed by atoms with Gasteiger partial charge in [0.25, 0.3) is 0 Å². The molecule has 2 nitrogen and oxygen atoms in total. The molecule has 1 spiro atoms. The molecule has 0 bridgehead atoms. The molecule has 2 unspecified atom stereocenters. The number of hydrogen-bond acceptors (Lipinski definition) is 2. The fourth-order valence-corrected chi connectivity index (χ4v) is 4.21. The smallest absolute Gasteiger partial charge is 0.119 e. The van der Waals surface area contributed by atoms with Crippen LogP contribution in [-0.2, 0) is 6.42 Å². The third kappa shape index (κ3) is 2.35. The first-order chi connectivity index (χ1) is 9.78. The highest BCUT2D eigenvalue weighted by molar-refractivity contribution is 5.28. The highest BCUT2D eigenvalue weighted by Crippen LogP contribution is 2.54. The number of aryl methyl sites for hydroxylation is 1. The van der Waals surface area contributed by atoms with Crippen molar-refractivity contribution >= 4 is 0 Å². The van der Waals surface area contributed by atoms with E-state index in [4.69, 9.17) is 4.74 Å². The second-order valence-electron chi connectivity index (χ2n) is 6.52. The van der Waals surface area contributed by atoms with Crippen LogP contribution < -0.4 is 10.1 Å². The first-order valence-corrected chi connectivity index (χ1v) is 8.21. The lowest BCUT2D eigenvalue weighted by Gasteiger charge is -2.53. The summed E-state index contributed by atoms with van der Waals surface area (Å²) in [4.78, 5) is 0. The van der Waals surface area contributed by atoms with Crippen LogP contribution in [0.25, 0.3) is 0 Å². The van der Waals surface area contributed by atoms with Crippen LogP contribution >= 0.6 is 0 Å². The Hall–Kier alpha value is -1.02. The molecule has 0 radical (unpaired) electrons. The van der Waals surface area contributed by atoms with Crippen LogP contribution in [0, 0.1) is 5.41 Å². The zero-order valence-electron chi connectivity index (χ0n) is 12.8. The van der Waals surface area contributed by atoms with Gasteiger partial charge in [-0.1, -0.05) is 38.3 Å². The van der Waals surface area contributed by atoms with E-state index in [-0.39, 0.29) is 0 Å². The Bertz CT molecular complexity index is 433. The van der Waals surface area contributed by atoms with Crippen LogP contribution in [0.2, 0.25) is 0 Å². The first-order valence-electron chi connectivity index (χ1n) is 8.21. The molecular weight excluding hydrogens is 246 g/mol. The molecule has 0 heterocycles. The largest absolute Gasteiger partial charge is 0.490 e. The molecule has 0 aliphatic heterocycles. The van der Waals surface area contributed by atoms with Gasteiger partial charge in [-0.3, -0.25) is 0 Å². The molecule has 2 aliphatic rings. The third-order valence-electron chi connectivity index (χ3n) is 5.41. The van der Waals surface area contributed by atoms with Gasteiger partial charge in [0.2, 0.25) is 0 Å². The van der Waals surface area contributed by atoms with Crippen molar-refractivity contribution in [2.24, 2.45) is 5.41 Å². The summed E-state index contributed by atoms with van der Waals surface area (Å²) in [6, 6.07) is 9.40. The summed E-state index contributed by atoms with van der Waals surface area (Å²) in [5, 5.41) is 3.50. The van der Waals surface area contributed by atoms with Gasteiger partial charge >= 0.3 is 0 Å². The minimum atomic E-state index is 0.414. The number of benzene rings is 1. The summed E-state index contributed by atoms with van der Waals surface area (Å²) in [6.07, 6.45) is 9.34. The quantitative estimate of drug-likeness (QED) is 0.877. The average molecular weight is 273 g/mol. The van der Waals surface area contributed by atoms with E-state index < -0.39 is 0 Å². The van der Waals surface area contributed by atoms with E-state index in [0.29, 0.717) is 17.6 Å². The van der Waals surface area contributed by atoms with Gasteiger partial charge in [-0.15, -0.1) is 0 Å². The summed E-state index contributed by atoms with van der Waals surface area (Å²) < 4.78 is 6.31. The number of ether oxygens (including phenoxy) is 1. The molecule has 2 heteroatoms. The van der Waals surface area contributed by atoms with Crippen molar-refractivity contribution in [1.29, 1.82) is 0 Å². The second kappa shape index (κ2) is 5.77. The molecule has 1 aromatic carbocycles. The minimum Gasteiger partial charge on any atom is -0.490 e. The van der Waals surface area contributed by atoms with E-state index in [0.717, 1.165) is 18.6 Å². The fourth-order valence-electron chi connectivity index (χ4n) is 4.21. The zero-order valence-corrected chi connectivity index (χ0v) is 12.8. The first kappa shape index (κ1) is 13.9. The topological polar surface area (TPSA) is 21.3 Å². The summed E-state index contributed by atoms with van der Waals surface area (Å²) in [7, 11) is 2.10. The second-order valence-corrected chi connectivity index (χ2v) is 6.52. The van der Waals surface area contributed by atoms with Gasteiger partial charge in [-0.05, 0) is 44.0 Å². The van der Waals surface area contributed by atoms with Crippen molar-refractivity contribution in [3.63, 3.8) is 0 Å². The van der Waals surface area contributed by atoms with E-state index in [1.54, 1.807) is 0 Å². The van der Waals surface area contributed by atoms with Crippen molar-refractivity contribution in [3.05, 3.63) is 29.8 Å². The van der Waals surface area contributed by atoms with Gasteiger partial charge in [0.1, 0.15) is 11.9 Å². The normalized spacial score (nSPS) is 27.5. The lowest BCUT2D eigenvalue weighted by Crippen LogP contribution is -2.63. The molecule has 3 rings (SSSR count). The van der Waals surface area contributed by atoms with E-state index >= 15 is 0 Å². The van der Waals surface area contributed by atoms with Gasteiger partial charge in [0.05, 0.1) is 0 Å². The lowest BCUT2D eigenvalue weighted by atomic mass is 9.60. The molecule has 1 N–H and O–H groups in total. The molecule has 2 saturated carbocycles. The van der Waals surface area contributed by atoms with Gasteiger partial charge in [-0.2, -0.15) is 0 Å². The maximum atomic E-state index is 6.31. The van der Waals surface area contributed by atoms with Crippen molar-refractivity contribution in [2.45, 2.75) is 64.0 Å². The van der Waals surface area contributed by atoms with Crippen LogP contribution in [0.15, 0.2) is 24.3 Å². The number of rotatable bonds is 5. The Balaban J connectivity index is 1.66. The highest BCUT2D eigenvalue weighted by Gasteiger charge is 2.56. The van der Waals surface area contributed by atoms with Gasteiger partial charge < -0.3 is 10.1 Å². The Morgan fingerprint density at radius 3 is 2.50 bits per heavy atom. The predicted octanol–water partition coefficient (Wildman–Crippen LogP) is 3.94. The van der Waals surface area contributed by atoms with E-state index in [9.17, 15) is 0 Å². The van der Waals surface area contributed by atoms with E-state index in [1.165, 1.54) is 37.7 Å². The Kier molecular flexibility index (Phi) is 4.02. The van der Waals surface area contributed by atoms with E-state index in [2.05, 4.69) is 43.6 Å². The molecule has 2 fully saturated rings. The summed E-state index contributed by atoms with van der Waals surface area (Å²) in [6.45, 7) is 2.22. The van der Waals surface area contributed by atoms with E-state index in [1.807, 2.05) is 0 Å². The van der Waals surface area contributed by atoms with Crippen molar-refractivity contribution in [3.8, 4) is 5.75 Å². The SMILES string of the molecule is CCCc1ccc(OC2CC(NC)C23CCCC3)cc1. The van der Waals surface area contributed by atoms with Crippen molar-refractivity contribution in [1.82, 2.24) is 5.32 Å². The Morgan fingerprint density at radius 1 is 1.20 bits per heavy atom. The van der Waals surface area contributed by atoms with Gasteiger partial charge in [0, 0.05) is 17.9 Å². The van der Waals surface area contributed by atoms with Crippen LogP contribution in [0.1, 0.15) is 51.0 Å². The van der Waals surface area contributed by atoms with Crippen molar-refractivity contribution < 1.29 is 4.74 Å². The molecule has 0 saturated heterocycles. The Morgan fingerprint density at radius 2 is 1.90 bits per heavy atom. The van der Waals surface area contributed by atoms with Crippen molar-refractivity contribution in [2.75, 3.05) is 7.05 Å². The van der Waals surface area contributed by atoms with Crippen LogP contribution in [-0.4, -0.2) is 19.2 Å². The zero-order chi connectivity index (χ0) is 14.0. The molecule has 0 aromatic heterocycles. The van der Waals surface area contributed by atoms with Crippen LogP contribution in [0.5, 0.6) is 5.75 Å². The number of nitrogens with one attached hydrogen (secondary N) is 1. The summed E-state index contributed by atoms with van der Waals surface area (Å²) in [5.74, 6) is 1.05. The standard InChI is InChI=1S/C18H27NO/c1-3-6-14-7-9-15(10-8-14)20-17-13-16(19-2)18(17)11-4-5-12-18/h7-10,16-17,19H,3-6,11-13H2,1-2H3. The molecule has 110 valence electrons. The number of hydrogen-bond donors (Lipinski definition) is 1. The molecule has 2 atom stereocenters. The fraction of sp³-hybridized carbons (Fsp3) is 0.667. The molecule has 0 amide bonds. The molecule has 2 aliphatic carbocycles. The van der Waals surface area contributed by atoms with Crippen LogP contribution in [0.4, 0.5) is 0 Å². The molecule has 20 heavy (non-hydrogen) atoms. The monoisotopic (exact) mass is 273 g/mol. The third-order valence-corrected chi connectivity index (χ3v) is 5.41. The average Bonchev–Trinajstić information content (AvgIpc) is 2.97. The van der Waals surface area contributed by atoms with Crippen LogP contribution in [0.3, 0.4) is 0 Å². The minimum absolute atomic E-state index is 0.414. The maximum absolute atomic E-state index is 6.31. The maximum Gasteiger partial charge on any atom is 0.119 e. The summed E-state index contributed by atoms with van der Waals surface area (Å²) in [5.41, 5.74) is 1.83. The summed E-state index contributed by atoms with van der Waals surface area (Å²) >= 11 is 0. The molecule has 1 aromatic rings. The molecular formula is C18H27NO. The lowest BCUT2D eigenvalue weighted by molar-refractivity contribution is -0.0736.